The van der Waals surface area contributed by atoms with E-state index in [2.05, 4.69) is 18.2 Å². The van der Waals surface area contributed by atoms with Gasteiger partial charge in [0.25, 0.3) is 5.69 Å². The van der Waals surface area contributed by atoms with Crippen LogP contribution in [0.3, 0.4) is 0 Å². The smallest absolute Gasteiger partial charge is 0.258 e. The highest BCUT2D eigenvalue weighted by Crippen LogP contribution is 2.37. The molecule has 0 saturated heterocycles. The van der Waals surface area contributed by atoms with Crippen molar-refractivity contribution in [2.75, 3.05) is 5.01 Å². The first-order valence-corrected chi connectivity index (χ1v) is 8.80. The highest BCUT2D eigenvalue weighted by molar-refractivity contribution is 7.12. The van der Waals surface area contributed by atoms with Crippen molar-refractivity contribution in [1.82, 2.24) is 0 Å². The van der Waals surface area contributed by atoms with E-state index in [9.17, 15) is 10.1 Å². The van der Waals surface area contributed by atoms with Crippen LogP contribution in [-0.2, 0) is 0 Å². The molecule has 1 aromatic heterocycles. The number of benzene rings is 2. The summed E-state index contributed by atoms with van der Waals surface area (Å²) in [5, 5.41) is 19.7. The van der Waals surface area contributed by atoms with Gasteiger partial charge in [0.2, 0.25) is 0 Å². The molecule has 1 aliphatic heterocycles. The third-order valence-corrected chi connectivity index (χ3v) is 5.14. The van der Waals surface area contributed by atoms with E-state index in [4.69, 9.17) is 5.10 Å². The number of anilines is 1. The number of hydrazone groups is 1. The molecule has 25 heavy (non-hydrogen) atoms. The number of rotatable bonds is 4. The molecule has 0 spiro atoms. The fraction of sp³-hybridized carbons (Fsp3) is 0.105. The first-order chi connectivity index (χ1) is 12.2. The largest absolute Gasteiger partial charge is 0.269 e. The van der Waals surface area contributed by atoms with Gasteiger partial charge in [-0.25, -0.2) is 0 Å². The van der Waals surface area contributed by atoms with E-state index in [-0.39, 0.29) is 16.7 Å². The van der Waals surface area contributed by atoms with E-state index < -0.39 is 0 Å². The summed E-state index contributed by atoms with van der Waals surface area (Å²) in [5.41, 5.74) is 3.16. The maximum Gasteiger partial charge on any atom is 0.269 e. The highest BCUT2D eigenvalue weighted by Gasteiger charge is 2.30. The second-order valence-corrected chi connectivity index (χ2v) is 6.72. The average Bonchev–Trinajstić information content (AvgIpc) is 3.32. The van der Waals surface area contributed by atoms with Crippen molar-refractivity contribution in [3.63, 3.8) is 0 Å². The summed E-state index contributed by atoms with van der Waals surface area (Å²) in [6.45, 7) is 0. The third-order valence-electron chi connectivity index (χ3n) is 4.23. The minimum atomic E-state index is -0.386. The molecule has 6 heteroatoms. The monoisotopic (exact) mass is 349 g/mol. The Balaban J connectivity index is 1.73. The first kappa shape index (κ1) is 15.5. The molecule has 0 aliphatic carbocycles. The Morgan fingerprint density at radius 2 is 1.80 bits per heavy atom. The molecule has 2 heterocycles. The van der Waals surface area contributed by atoms with Gasteiger partial charge in [0.15, 0.2) is 0 Å². The lowest BCUT2D eigenvalue weighted by molar-refractivity contribution is -0.384. The third kappa shape index (κ3) is 3.04. The van der Waals surface area contributed by atoms with Crippen molar-refractivity contribution in [2.24, 2.45) is 5.10 Å². The summed E-state index contributed by atoms with van der Waals surface area (Å²) in [5.74, 6) is 0. The lowest BCUT2D eigenvalue weighted by atomic mass is 10.0. The maximum absolute atomic E-state index is 10.9. The van der Waals surface area contributed by atoms with E-state index in [1.54, 1.807) is 23.5 Å². The molecule has 0 radical (unpaired) electrons. The SMILES string of the molecule is O=[N+]([O-])c1ccc(N2N=C(c3cccs3)CC2c2ccccc2)cc1. The molecule has 1 aliphatic rings. The van der Waals surface area contributed by atoms with Gasteiger partial charge in [0.05, 0.1) is 27.2 Å². The van der Waals surface area contributed by atoms with E-state index in [0.29, 0.717) is 0 Å². The minimum absolute atomic E-state index is 0.0831. The van der Waals surface area contributed by atoms with Gasteiger partial charge in [-0.3, -0.25) is 15.1 Å². The van der Waals surface area contributed by atoms with E-state index in [1.807, 2.05) is 34.7 Å². The molecular weight excluding hydrogens is 334 g/mol. The molecule has 0 saturated carbocycles. The van der Waals surface area contributed by atoms with Gasteiger partial charge in [-0.05, 0) is 29.1 Å². The summed E-state index contributed by atoms with van der Waals surface area (Å²) in [7, 11) is 0. The minimum Gasteiger partial charge on any atom is -0.258 e. The molecule has 0 N–H and O–H groups in total. The Kier molecular flexibility index (Phi) is 4.03. The summed E-state index contributed by atoms with van der Waals surface area (Å²) >= 11 is 1.67. The second kappa shape index (κ2) is 6.49. The number of nitro groups is 1. The van der Waals surface area contributed by atoms with Crippen LogP contribution in [0.1, 0.15) is 22.9 Å². The van der Waals surface area contributed by atoms with E-state index >= 15 is 0 Å². The lowest BCUT2D eigenvalue weighted by Crippen LogP contribution is -2.18. The Morgan fingerprint density at radius 1 is 1.04 bits per heavy atom. The van der Waals surface area contributed by atoms with Gasteiger partial charge in [0, 0.05) is 18.6 Å². The van der Waals surface area contributed by atoms with Gasteiger partial charge < -0.3 is 0 Å². The van der Waals surface area contributed by atoms with Gasteiger partial charge in [-0.1, -0.05) is 36.4 Å². The number of thiophene rings is 1. The molecule has 0 fully saturated rings. The Morgan fingerprint density at radius 3 is 2.44 bits per heavy atom. The van der Waals surface area contributed by atoms with Crippen molar-refractivity contribution < 1.29 is 4.92 Å². The van der Waals surface area contributed by atoms with Crippen LogP contribution in [0.25, 0.3) is 0 Å². The fourth-order valence-corrected chi connectivity index (χ4v) is 3.72. The quantitative estimate of drug-likeness (QED) is 0.491. The van der Waals surface area contributed by atoms with Crippen molar-refractivity contribution in [3.05, 3.63) is 92.7 Å². The van der Waals surface area contributed by atoms with Gasteiger partial charge in [-0.15, -0.1) is 11.3 Å². The summed E-state index contributed by atoms with van der Waals surface area (Å²) in [4.78, 5) is 11.7. The summed E-state index contributed by atoms with van der Waals surface area (Å²) in [6, 6.07) is 21.0. The number of hydrogen-bond donors (Lipinski definition) is 0. The molecule has 5 nitrogen and oxygen atoms in total. The zero-order chi connectivity index (χ0) is 17.2. The van der Waals surface area contributed by atoms with Crippen LogP contribution < -0.4 is 5.01 Å². The van der Waals surface area contributed by atoms with Gasteiger partial charge >= 0.3 is 0 Å². The topological polar surface area (TPSA) is 58.7 Å². The molecule has 124 valence electrons. The molecule has 3 aromatic rings. The molecule has 4 rings (SSSR count). The highest BCUT2D eigenvalue weighted by atomic mass is 32.1. The standard InChI is InChI=1S/C19H15N3O2S/c23-22(24)16-10-8-15(9-11-16)21-18(14-5-2-1-3-6-14)13-17(20-21)19-7-4-12-25-19/h1-12,18H,13H2. The molecular formula is C19H15N3O2S. The first-order valence-electron chi connectivity index (χ1n) is 7.92. The zero-order valence-electron chi connectivity index (χ0n) is 13.3. The molecule has 1 unspecified atom stereocenters. The van der Waals surface area contributed by atoms with Crippen LogP contribution in [0.4, 0.5) is 11.4 Å². The molecule has 0 bridgehead atoms. The maximum atomic E-state index is 10.9. The van der Waals surface area contributed by atoms with E-state index in [0.717, 1.165) is 22.7 Å². The summed E-state index contributed by atoms with van der Waals surface area (Å²) in [6.07, 6.45) is 0.807. The van der Waals surface area contributed by atoms with E-state index in [1.165, 1.54) is 17.7 Å². The van der Waals surface area contributed by atoms with Gasteiger partial charge in [0.1, 0.15) is 0 Å². The molecule has 2 aromatic carbocycles. The predicted octanol–water partition coefficient (Wildman–Crippen LogP) is 5.01. The van der Waals surface area contributed by atoms with Crippen LogP contribution in [0, 0.1) is 10.1 Å². The Hall–Kier alpha value is -2.99. The number of non-ortho nitro benzene ring substituents is 1. The van der Waals surface area contributed by atoms with Crippen molar-refractivity contribution >= 4 is 28.4 Å². The number of hydrogen-bond acceptors (Lipinski definition) is 5. The van der Waals surface area contributed by atoms with Crippen molar-refractivity contribution in [1.29, 1.82) is 0 Å². The second-order valence-electron chi connectivity index (χ2n) is 5.77. The van der Waals surface area contributed by atoms with Crippen molar-refractivity contribution in [2.45, 2.75) is 12.5 Å². The Bertz CT molecular complexity index is 906. The van der Waals surface area contributed by atoms with Crippen molar-refractivity contribution in [3.8, 4) is 0 Å². The van der Waals surface area contributed by atoms with Crippen LogP contribution in [-0.4, -0.2) is 10.6 Å². The number of nitro benzene ring substituents is 1. The van der Waals surface area contributed by atoms with Crippen LogP contribution in [0.5, 0.6) is 0 Å². The van der Waals surface area contributed by atoms with Crippen LogP contribution in [0.2, 0.25) is 0 Å². The Labute approximate surface area is 149 Å². The average molecular weight is 349 g/mol. The zero-order valence-corrected chi connectivity index (χ0v) is 14.1. The molecule has 0 amide bonds. The predicted molar refractivity (Wildman–Crippen MR) is 100 cm³/mol. The normalized spacial score (nSPS) is 16.7. The van der Waals surface area contributed by atoms with Crippen LogP contribution >= 0.6 is 11.3 Å². The molecule has 1 atom stereocenters. The van der Waals surface area contributed by atoms with Gasteiger partial charge in [-0.2, -0.15) is 5.10 Å². The fourth-order valence-electron chi connectivity index (χ4n) is 3.00. The van der Waals surface area contributed by atoms with Crippen LogP contribution in [0.15, 0.2) is 77.2 Å². The number of nitrogens with zero attached hydrogens (tertiary/aromatic N) is 3. The summed E-state index contributed by atoms with van der Waals surface area (Å²) < 4.78 is 0. The lowest BCUT2D eigenvalue weighted by Gasteiger charge is -2.23.